The summed E-state index contributed by atoms with van der Waals surface area (Å²) in [4.78, 5) is 30.0. The number of halogens is 1. The number of para-hydroxylation sites is 1. The number of hydrogen-bond donors (Lipinski definition) is 0. The van der Waals surface area contributed by atoms with Crippen LogP contribution in [0.1, 0.15) is 38.4 Å². The Hall–Kier alpha value is -2.92. The normalized spacial score (nSPS) is 12.6. The van der Waals surface area contributed by atoms with Crippen molar-refractivity contribution in [3.8, 4) is 5.75 Å². The molecule has 0 radical (unpaired) electrons. The van der Waals surface area contributed by atoms with E-state index in [-0.39, 0.29) is 12.4 Å². The van der Waals surface area contributed by atoms with Crippen LogP contribution in [0, 0.1) is 0 Å². The largest absolute Gasteiger partial charge is 0.495 e. The second kappa shape index (κ2) is 7.60. The molecule has 0 atom stereocenters. The Kier molecular flexibility index (Phi) is 5.01. The number of pyridine rings is 1. The summed E-state index contributed by atoms with van der Waals surface area (Å²) in [5.41, 5.74) is 3.54. The third-order valence-corrected chi connectivity index (χ3v) is 5.23. The summed E-state index contributed by atoms with van der Waals surface area (Å²) in [5, 5.41) is 1.09. The minimum Gasteiger partial charge on any atom is -0.495 e. The molecule has 0 bridgehead atoms. The molecule has 28 heavy (non-hydrogen) atoms. The van der Waals surface area contributed by atoms with Gasteiger partial charge in [0.15, 0.2) is 12.4 Å². The molecule has 5 nitrogen and oxygen atoms in total. The number of aromatic nitrogens is 1. The number of esters is 1. The monoisotopic (exact) mass is 395 g/mol. The zero-order chi connectivity index (χ0) is 19.7. The van der Waals surface area contributed by atoms with Crippen molar-refractivity contribution in [1.82, 2.24) is 4.98 Å². The van der Waals surface area contributed by atoms with Crippen molar-refractivity contribution >= 4 is 34.3 Å². The molecule has 4 rings (SSSR count). The molecular formula is C22H18ClNO4. The summed E-state index contributed by atoms with van der Waals surface area (Å²) in [6, 6.07) is 12.2. The van der Waals surface area contributed by atoms with E-state index in [0.29, 0.717) is 21.9 Å². The maximum absolute atomic E-state index is 12.9. The van der Waals surface area contributed by atoms with Gasteiger partial charge in [-0.25, -0.2) is 4.79 Å². The highest BCUT2D eigenvalue weighted by Gasteiger charge is 2.25. The number of nitrogens with zero attached hydrogens (tertiary/aromatic N) is 1. The smallest absolute Gasteiger partial charge is 0.339 e. The summed E-state index contributed by atoms with van der Waals surface area (Å²) in [6.45, 7) is -0.354. The minimum absolute atomic E-state index is 0.326. The Morgan fingerprint density at radius 2 is 1.96 bits per heavy atom. The van der Waals surface area contributed by atoms with E-state index >= 15 is 0 Å². The van der Waals surface area contributed by atoms with Crippen molar-refractivity contribution in [3.05, 3.63) is 69.9 Å². The van der Waals surface area contributed by atoms with E-state index in [1.54, 1.807) is 12.1 Å². The molecule has 0 aliphatic heterocycles. The Bertz CT molecular complexity index is 1090. The third-order valence-electron chi connectivity index (χ3n) is 4.93. The number of methoxy groups -OCH3 is 1. The Morgan fingerprint density at radius 3 is 2.75 bits per heavy atom. The van der Waals surface area contributed by atoms with Gasteiger partial charge >= 0.3 is 5.97 Å². The van der Waals surface area contributed by atoms with Crippen LogP contribution < -0.4 is 4.74 Å². The number of fused-ring (bicyclic) bond motifs is 2. The van der Waals surface area contributed by atoms with Crippen molar-refractivity contribution in [3.63, 3.8) is 0 Å². The molecule has 0 saturated heterocycles. The van der Waals surface area contributed by atoms with Gasteiger partial charge in [0.2, 0.25) is 0 Å². The molecule has 0 spiro atoms. The molecule has 3 aromatic rings. The number of Topliss-reactive ketones (excluding diaryl/α,β-unsaturated/α-hetero) is 1. The average Bonchev–Trinajstić information content (AvgIpc) is 3.17. The molecule has 2 aromatic carbocycles. The van der Waals surface area contributed by atoms with Crippen LogP contribution in [0.5, 0.6) is 5.75 Å². The molecule has 0 amide bonds. The number of carbonyl (C=O) groups excluding carboxylic acids is 2. The Balaban J connectivity index is 1.58. The van der Waals surface area contributed by atoms with Crippen LogP contribution in [0.4, 0.5) is 0 Å². The quantitative estimate of drug-likeness (QED) is 0.472. The molecule has 0 fully saturated rings. The molecule has 142 valence electrons. The summed E-state index contributed by atoms with van der Waals surface area (Å²) < 4.78 is 10.5. The van der Waals surface area contributed by atoms with Gasteiger partial charge in [-0.15, -0.1) is 0 Å². The van der Waals surface area contributed by atoms with Gasteiger partial charge in [0, 0.05) is 16.6 Å². The zero-order valence-electron chi connectivity index (χ0n) is 15.3. The fourth-order valence-corrected chi connectivity index (χ4v) is 3.83. The lowest BCUT2D eigenvalue weighted by Gasteiger charge is -2.12. The molecule has 1 aliphatic carbocycles. The van der Waals surface area contributed by atoms with Crippen LogP contribution in [-0.4, -0.2) is 30.5 Å². The first-order chi connectivity index (χ1) is 13.6. The summed E-state index contributed by atoms with van der Waals surface area (Å²) in [5.74, 6) is -0.341. The van der Waals surface area contributed by atoms with E-state index < -0.39 is 5.97 Å². The second-order valence-corrected chi connectivity index (χ2v) is 7.04. The Labute approximate surface area is 167 Å². The molecule has 0 saturated carbocycles. The molecule has 0 N–H and O–H groups in total. The van der Waals surface area contributed by atoms with Crippen molar-refractivity contribution < 1.29 is 19.1 Å². The first-order valence-electron chi connectivity index (χ1n) is 9.03. The molecular weight excluding hydrogens is 378 g/mol. The van der Waals surface area contributed by atoms with Crippen molar-refractivity contribution in [2.24, 2.45) is 0 Å². The summed E-state index contributed by atoms with van der Waals surface area (Å²) in [6.07, 6.45) is 2.60. The predicted octanol–water partition coefficient (Wildman–Crippen LogP) is 4.43. The molecule has 1 aromatic heterocycles. The van der Waals surface area contributed by atoms with Crippen LogP contribution in [0.25, 0.3) is 10.9 Å². The van der Waals surface area contributed by atoms with Gasteiger partial charge in [-0.2, -0.15) is 0 Å². The van der Waals surface area contributed by atoms with E-state index in [9.17, 15) is 9.59 Å². The lowest BCUT2D eigenvalue weighted by molar-refractivity contribution is 0.0475. The van der Waals surface area contributed by atoms with Crippen LogP contribution in [-0.2, 0) is 17.6 Å². The fraction of sp³-hybridized carbons (Fsp3) is 0.227. The molecule has 6 heteroatoms. The van der Waals surface area contributed by atoms with Gasteiger partial charge < -0.3 is 9.47 Å². The fourth-order valence-electron chi connectivity index (χ4n) is 3.57. The maximum Gasteiger partial charge on any atom is 0.339 e. The third kappa shape index (κ3) is 3.34. The van der Waals surface area contributed by atoms with Gasteiger partial charge in [-0.3, -0.25) is 9.78 Å². The van der Waals surface area contributed by atoms with Gasteiger partial charge in [0.1, 0.15) is 5.75 Å². The number of benzene rings is 2. The van der Waals surface area contributed by atoms with Gasteiger partial charge in [0.25, 0.3) is 0 Å². The van der Waals surface area contributed by atoms with E-state index in [1.807, 2.05) is 24.3 Å². The van der Waals surface area contributed by atoms with Crippen LogP contribution in [0.2, 0.25) is 5.02 Å². The first kappa shape index (κ1) is 18.4. The second-order valence-electron chi connectivity index (χ2n) is 6.63. The van der Waals surface area contributed by atoms with E-state index in [2.05, 4.69) is 4.98 Å². The lowest BCUT2D eigenvalue weighted by Crippen LogP contribution is -2.16. The van der Waals surface area contributed by atoms with Crippen molar-refractivity contribution in [1.29, 1.82) is 0 Å². The lowest BCUT2D eigenvalue weighted by atomic mass is 10.0. The number of rotatable bonds is 5. The predicted molar refractivity (Wildman–Crippen MR) is 106 cm³/mol. The standard InChI is InChI=1S/C22H18ClNO4/c1-27-20-10-9-13(11-16(20)23)19(25)12-28-22(26)21-14-5-2-3-7-17(14)24-18-8-4-6-15(18)21/h2-3,5,7,9-11H,4,6,8,12H2,1H3. The van der Waals surface area contributed by atoms with Crippen molar-refractivity contribution in [2.45, 2.75) is 19.3 Å². The molecule has 1 heterocycles. The number of ether oxygens (including phenoxy) is 2. The number of ketones is 1. The SMILES string of the molecule is COc1ccc(C(=O)COC(=O)c2c3c(nc4ccccc24)CCC3)cc1Cl. The number of aryl methyl sites for hydroxylation is 1. The zero-order valence-corrected chi connectivity index (χ0v) is 16.1. The van der Waals surface area contributed by atoms with E-state index in [0.717, 1.165) is 41.4 Å². The topological polar surface area (TPSA) is 65.5 Å². The highest BCUT2D eigenvalue weighted by molar-refractivity contribution is 6.32. The van der Waals surface area contributed by atoms with Gasteiger partial charge in [0.05, 0.1) is 23.2 Å². The molecule has 0 unspecified atom stereocenters. The summed E-state index contributed by atoms with van der Waals surface area (Å²) >= 11 is 6.07. The van der Waals surface area contributed by atoms with E-state index in [1.165, 1.54) is 13.2 Å². The summed E-state index contributed by atoms with van der Waals surface area (Å²) in [7, 11) is 1.50. The van der Waals surface area contributed by atoms with Crippen LogP contribution in [0.15, 0.2) is 42.5 Å². The first-order valence-corrected chi connectivity index (χ1v) is 9.40. The number of hydrogen-bond acceptors (Lipinski definition) is 5. The van der Waals surface area contributed by atoms with Crippen molar-refractivity contribution in [2.75, 3.05) is 13.7 Å². The number of carbonyl (C=O) groups is 2. The average molecular weight is 396 g/mol. The Morgan fingerprint density at radius 1 is 1.14 bits per heavy atom. The highest BCUT2D eigenvalue weighted by atomic mass is 35.5. The molecule has 1 aliphatic rings. The minimum atomic E-state index is -0.496. The van der Waals surface area contributed by atoms with Gasteiger partial charge in [-0.05, 0) is 49.1 Å². The highest BCUT2D eigenvalue weighted by Crippen LogP contribution is 2.30. The van der Waals surface area contributed by atoms with E-state index in [4.69, 9.17) is 21.1 Å². The maximum atomic E-state index is 12.9. The van der Waals surface area contributed by atoms with Crippen LogP contribution >= 0.6 is 11.6 Å². The van der Waals surface area contributed by atoms with Gasteiger partial charge in [-0.1, -0.05) is 29.8 Å². The van der Waals surface area contributed by atoms with Crippen LogP contribution in [0.3, 0.4) is 0 Å².